The first kappa shape index (κ1) is 24.6. The van der Waals surface area contributed by atoms with Gasteiger partial charge in [-0.3, -0.25) is 4.90 Å². The lowest BCUT2D eigenvalue weighted by Gasteiger charge is -2.30. The minimum absolute atomic E-state index is 0.00220. The maximum atomic E-state index is 13.9. The zero-order chi connectivity index (χ0) is 26.0. The minimum Gasteiger partial charge on any atom is -0.493 e. The molecule has 5 rings (SSSR count). The third-order valence-electron chi connectivity index (χ3n) is 6.54. The molecule has 13 heteroatoms. The summed E-state index contributed by atoms with van der Waals surface area (Å²) in [7, 11) is 1.63. The highest BCUT2D eigenvalue weighted by Gasteiger charge is 2.35. The summed E-state index contributed by atoms with van der Waals surface area (Å²) in [5.74, 6) is 0.704. The van der Waals surface area contributed by atoms with E-state index >= 15 is 0 Å². The van der Waals surface area contributed by atoms with Gasteiger partial charge >= 0.3 is 6.18 Å². The summed E-state index contributed by atoms with van der Waals surface area (Å²) in [5, 5.41) is 20.8. The van der Waals surface area contributed by atoms with E-state index in [4.69, 9.17) is 9.26 Å². The maximum absolute atomic E-state index is 13.9. The van der Waals surface area contributed by atoms with Crippen molar-refractivity contribution in [2.24, 2.45) is 13.0 Å². The van der Waals surface area contributed by atoms with Crippen molar-refractivity contribution in [1.82, 2.24) is 35.0 Å². The molecule has 1 fully saturated rings. The van der Waals surface area contributed by atoms with Crippen LogP contribution in [0.4, 0.5) is 13.2 Å². The second-order valence-corrected chi connectivity index (χ2v) is 8.95. The molecule has 0 aliphatic carbocycles. The third kappa shape index (κ3) is 5.39. The molecule has 0 unspecified atom stereocenters. The number of halogens is 3. The van der Waals surface area contributed by atoms with Crippen LogP contribution in [0.15, 0.2) is 35.1 Å². The van der Waals surface area contributed by atoms with Gasteiger partial charge in [0.2, 0.25) is 5.89 Å². The number of likely N-dealkylation sites (tertiary alicyclic amines) is 1. The molecule has 192 valence electrons. The lowest BCUT2D eigenvalue weighted by Crippen LogP contribution is -2.33. The van der Waals surface area contributed by atoms with Crippen LogP contribution in [0.1, 0.15) is 36.4 Å². The molecule has 0 spiro atoms. The second-order valence-electron chi connectivity index (χ2n) is 8.95. The minimum atomic E-state index is -4.62. The molecule has 1 aromatic carbocycles. The fourth-order valence-electron chi connectivity index (χ4n) is 4.52. The highest BCUT2D eigenvalue weighted by atomic mass is 19.4. The molecule has 0 saturated carbocycles. The van der Waals surface area contributed by atoms with Gasteiger partial charge in [-0.05, 0) is 62.5 Å². The zero-order valence-electron chi connectivity index (χ0n) is 19.9. The maximum Gasteiger partial charge on any atom is 0.419 e. The van der Waals surface area contributed by atoms with E-state index in [9.17, 15) is 18.4 Å². The van der Waals surface area contributed by atoms with Gasteiger partial charge in [-0.25, -0.2) is 9.67 Å². The average molecular weight is 512 g/mol. The van der Waals surface area contributed by atoms with Crippen LogP contribution in [0.25, 0.3) is 22.3 Å². The number of rotatable bonds is 7. The summed E-state index contributed by atoms with van der Waals surface area (Å²) in [6.07, 6.45) is -0.758. The van der Waals surface area contributed by atoms with Crippen molar-refractivity contribution in [3.8, 4) is 23.1 Å². The summed E-state index contributed by atoms with van der Waals surface area (Å²) in [5.41, 5.74) is 0.344. The van der Waals surface area contributed by atoms with E-state index < -0.39 is 11.7 Å². The van der Waals surface area contributed by atoms with Gasteiger partial charge in [-0.2, -0.15) is 23.4 Å². The predicted molar refractivity (Wildman–Crippen MR) is 124 cm³/mol. The highest BCUT2D eigenvalue weighted by molar-refractivity contribution is 5.83. The molecule has 4 heterocycles. The Labute approximate surface area is 209 Å². The summed E-state index contributed by atoms with van der Waals surface area (Å²) in [6.45, 7) is 2.48. The van der Waals surface area contributed by atoms with E-state index in [0.717, 1.165) is 32.0 Å². The number of fused-ring (bicyclic) bond motifs is 1. The monoisotopic (exact) mass is 512 g/mol. The normalized spacial score (nSPS) is 15.2. The van der Waals surface area contributed by atoms with Gasteiger partial charge in [0.1, 0.15) is 17.3 Å². The predicted octanol–water partition coefficient (Wildman–Crippen LogP) is 3.98. The summed E-state index contributed by atoms with van der Waals surface area (Å²) in [4.78, 5) is 10.5. The van der Waals surface area contributed by atoms with Crippen molar-refractivity contribution in [2.75, 3.05) is 19.7 Å². The van der Waals surface area contributed by atoms with Crippen LogP contribution in [0.3, 0.4) is 0 Å². The number of ether oxygens (including phenoxy) is 1. The Hall–Kier alpha value is -4.05. The van der Waals surface area contributed by atoms with Gasteiger partial charge in [-0.15, -0.1) is 5.10 Å². The van der Waals surface area contributed by atoms with Crippen molar-refractivity contribution in [2.45, 2.75) is 32.0 Å². The standard InChI is InChI=1S/C24H23F3N8O2/c1-34-20-11-18(31-19(12-28)23(20)32-33-34)16-2-3-21(17(10-16)24(25,26)27)36-9-6-15-4-7-35(8-5-15)13-22-29-14-30-37-22/h2-3,10-11,14-15H,4-9,13H2,1H3. The van der Waals surface area contributed by atoms with E-state index in [2.05, 4.69) is 30.3 Å². The lowest BCUT2D eigenvalue weighted by molar-refractivity contribution is -0.138. The van der Waals surface area contributed by atoms with Crippen LogP contribution in [-0.4, -0.2) is 54.7 Å². The van der Waals surface area contributed by atoms with Crippen LogP contribution in [0, 0.1) is 17.2 Å². The number of hydrogen-bond acceptors (Lipinski definition) is 9. The van der Waals surface area contributed by atoms with Gasteiger partial charge < -0.3 is 9.26 Å². The lowest BCUT2D eigenvalue weighted by atomic mass is 9.94. The van der Waals surface area contributed by atoms with E-state index in [-0.39, 0.29) is 29.3 Å². The Morgan fingerprint density at radius 3 is 2.73 bits per heavy atom. The Kier molecular flexibility index (Phi) is 6.75. The van der Waals surface area contributed by atoms with Gasteiger partial charge in [0.25, 0.3) is 0 Å². The zero-order valence-corrected chi connectivity index (χ0v) is 19.9. The number of pyridine rings is 1. The van der Waals surface area contributed by atoms with Crippen LogP contribution in [0.2, 0.25) is 0 Å². The van der Waals surface area contributed by atoms with Gasteiger partial charge in [0.05, 0.1) is 29.9 Å². The van der Waals surface area contributed by atoms with Crippen molar-refractivity contribution in [1.29, 1.82) is 5.26 Å². The Morgan fingerprint density at radius 1 is 1.22 bits per heavy atom. The third-order valence-corrected chi connectivity index (χ3v) is 6.54. The van der Waals surface area contributed by atoms with Crippen molar-refractivity contribution in [3.63, 3.8) is 0 Å². The van der Waals surface area contributed by atoms with E-state index in [0.29, 0.717) is 35.8 Å². The highest BCUT2D eigenvalue weighted by Crippen LogP contribution is 2.39. The molecule has 0 bridgehead atoms. The van der Waals surface area contributed by atoms with Gasteiger partial charge in [0.15, 0.2) is 12.0 Å². The van der Waals surface area contributed by atoms with E-state index in [1.165, 1.54) is 23.1 Å². The molecule has 0 atom stereocenters. The number of nitrogens with zero attached hydrogens (tertiary/aromatic N) is 8. The molecule has 0 amide bonds. The Bertz CT molecular complexity index is 1420. The molecule has 1 aliphatic rings. The van der Waals surface area contributed by atoms with Crippen molar-refractivity contribution >= 4 is 11.0 Å². The molecule has 4 aromatic rings. The first-order chi connectivity index (χ1) is 17.8. The quantitative estimate of drug-likeness (QED) is 0.362. The molecular formula is C24H23F3N8O2. The number of aryl methyl sites for hydroxylation is 1. The molecule has 1 saturated heterocycles. The van der Waals surface area contributed by atoms with E-state index in [1.807, 2.05) is 6.07 Å². The number of benzene rings is 1. The molecule has 3 aromatic heterocycles. The fourth-order valence-corrected chi connectivity index (χ4v) is 4.52. The second kappa shape index (κ2) is 10.1. The number of aromatic nitrogens is 6. The van der Waals surface area contributed by atoms with Crippen LogP contribution in [-0.2, 0) is 19.8 Å². The van der Waals surface area contributed by atoms with Gasteiger partial charge in [-0.1, -0.05) is 10.4 Å². The topological polar surface area (TPSA) is 119 Å². The van der Waals surface area contributed by atoms with Crippen molar-refractivity contribution < 1.29 is 22.4 Å². The molecular weight excluding hydrogens is 489 g/mol. The molecule has 0 radical (unpaired) electrons. The van der Waals surface area contributed by atoms with Gasteiger partial charge in [0, 0.05) is 12.6 Å². The van der Waals surface area contributed by atoms with E-state index in [1.54, 1.807) is 13.1 Å². The fraction of sp³-hybridized carbons (Fsp3) is 0.417. The molecule has 37 heavy (non-hydrogen) atoms. The SMILES string of the molecule is Cn1nnc2c(C#N)nc(-c3ccc(OCCC4CCN(Cc5ncno5)CC4)c(C(F)(F)F)c3)cc21. The average Bonchev–Trinajstić information content (AvgIpc) is 3.54. The van der Waals surface area contributed by atoms with Crippen LogP contribution in [0.5, 0.6) is 5.75 Å². The van der Waals surface area contributed by atoms with Crippen LogP contribution < -0.4 is 4.74 Å². The smallest absolute Gasteiger partial charge is 0.419 e. The molecule has 1 aliphatic heterocycles. The number of hydrogen-bond donors (Lipinski definition) is 0. The first-order valence-corrected chi connectivity index (χ1v) is 11.7. The summed E-state index contributed by atoms with van der Waals surface area (Å²) >= 11 is 0. The summed E-state index contributed by atoms with van der Waals surface area (Å²) < 4.78 is 53.9. The number of piperidine rings is 1. The Morgan fingerprint density at radius 2 is 2.03 bits per heavy atom. The summed E-state index contributed by atoms with van der Waals surface area (Å²) in [6, 6.07) is 7.33. The number of nitriles is 1. The molecule has 10 nitrogen and oxygen atoms in total. The largest absolute Gasteiger partial charge is 0.493 e. The van der Waals surface area contributed by atoms with Crippen molar-refractivity contribution in [3.05, 3.63) is 47.7 Å². The molecule has 0 N–H and O–H groups in total. The Balaban J connectivity index is 1.26. The number of alkyl halides is 3. The first-order valence-electron chi connectivity index (χ1n) is 11.7. The van der Waals surface area contributed by atoms with Crippen LogP contribution >= 0.6 is 0 Å².